The van der Waals surface area contributed by atoms with Gasteiger partial charge in [0, 0.05) is 13.1 Å². The van der Waals surface area contributed by atoms with Crippen molar-refractivity contribution in [3.63, 3.8) is 0 Å². The maximum atomic E-state index is 13.0. The summed E-state index contributed by atoms with van der Waals surface area (Å²) in [4.78, 5) is 0.296. The summed E-state index contributed by atoms with van der Waals surface area (Å²) in [6, 6.07) is 5.49. The van der Waals surface area contributed by atoms with Crippen molar-refractivity contribution in [2.75, 3.05) is 20.2 Å². The predicted octanol–water partition coefficient (Wildman–Crippen LogP) is 3.56. The number of sulfonamides is 1. The Kier molecular flexibility index (Phi) is 5.17. The topological polar surface area (TPSA) is 46.6 Å². The van der Waals surface area contributed by atoms with Gasteiger partial charge in [0.2, 0.25) is 10.0 Å². The fourth-order valence-corrected chi connectivity index (χ4v) is 4.46. The molecule has 22 heavy (non-hydrogen) atoms. The predicted molar refractivity (Wildman–Crippen MR) is 88.9 cm³/mol. The lowest BCUT2D eigenvalue weighted by Crippen LogP contribution is -2.32. The summed E-state index contributed by atoms with van der Waals surface area (Å²) in [6.07, 6.45) is 4.07. The van der Waals surface area contributed by atoms with Crippen LogP contribution in [-0.2, 0) is 15.4 Å². The Bertz CT molecular complexity index is 609. The number of nitrogens with zero attached hydrogens (tertiary/aromatic N) is 1. The van der Waals surface area contributed by atoms with Crippen LogP contribution < -0.4 is 4.74 Å². The maximum absolute atomic E-state index is 13.0. The van der Waals surface area contributed by atoms with Crippen molar-refractivity contribution in [2.24, 2.45) is 0 Å². The molecule has 4 nitrogen and oxygen atoms in total. The quantitative estimate of drug-likeness (QED) is 0.853. The number of rotatable bonds is 3. The van der Waals surface area contributed by atoms with Crippen LogP contribution in [0, 0.1) is 0 Å². The number of hydrogen-bond acceptors (Lipinski definition) is 3. The highest BCUT2D eigenvalue weighted by molar-refractivity contribution is 7.89. The normalized spacial score (nSPS) is 18.0. The van der Waals surface area contributed by atoms with E-state index in [1.807, 2.05) is 6.07 Å². The van der Waals surface area contributed by atoms with E-state index >= 15 is 0 Å². The van der Waals surface area contributed by atoms with Gasteiger partial charge >= 0.3 is 0 Å². The SMILES string of the molecule is COc1ccc(C(C)(C)C)cc1S(=O)(=O)N1CCCCCC1. The zero-order valence-corrected chi connectivity index (χ0v) is 14.9. The first-order chi connectivity index (χ1) is 10.3. The van der Waals surface area contributed by atoms with Crippen molar-refractivity contribution in [1.29, 1.82) is 0 Å². The lowest BCUT2D eigenvalue weighted by atomic mass is 9.87. The third-order valence-electron chi connectivity index (χ3n) is 4.21. The molecule has 1 aromatic carbocycles. The average Bonchev–Trinajstić information content (AvgIpc) is 2.75. The van der Waals surface area contributed by atoms with Crippen molar-refractivity contribution >= 4 is 10.0 Å². The van der Waals surface area contributed by atoms with E-state index in [-0.39, 0.29) is 5.41 Å². The molecule has 1 fully saturated rings. The molecule has 0 radical (unpaired) electrons. The first-order valence-electron chi connectivity index (χ1n) is 7.95. The number of methoxy groups -OCH3 is 1. The Hall–Kier alpha value is -1.07. The fraction of sp³-hybridized carbons (Fsp3) is 0.647. The van der Waals surface area contributed by atoms with Gasteiger partial charge in [-0.05, 0) is 36.0 Å². The van der Waals surface area contributed by atoms with E-state index in [1.54, 1.807) is 16.4 Å². The van der Waals surface area contributed by atoms with Gasteiger partial charge in [0.25, 0.3) is 0 Å². The molecule has 124 valence electrons. The van der Waals surface area contributed by atoms with Gasteiger partial charge in [-0.2, -0.15) is 4.31 Å². The van der Waals surface area contributed by atoms with E-state index in [0.29, 0.717) is 23.7 Å². The molecule has 0 bridgehead atoms. The van der Waals surface area contributed by atoms with E-state index < -0.39 is 10.0 Å². The van der Waals surface area contributed by atoms with Crippen molar-refractivity contribution < 1.29 is 13.2 Å². The standard InChI is InChI=1S/C17H27NO3S/c1-17(2,3)14-9-10-15(21-4)16(13-14)22(19,20)18-11-7-5-6-8-12-18/h9-10,13H,5-8,11-12H2,1-4H3. The summed E-state index contributed by atoms with van der Waals surface area (Å²) in [6.45, 7) is 7.45. The van der Waals surface area contributed by atoms with E-state index in [4.69, 9.17) is 4.74 Å². The minimum atomic E-state index is -3.50. The van der Waals surface area contributed by atoms with Gasteiger partial charge in [0.15, 0.2) is 0 Å². The van der Waals surface area contributed by atoms with Gasteiger partial charge in [-0.3, -0.25) is 0 Å². The Labute approximate surface area is 134 Å². The Morgan fingerprint density at radius 1 is 1.05 bits per heavy atom. The molecule has 1 saturated heterocycles. The van der Waals surface area contributed by atoms with Gasteiger partial charge in [-0.25, -0.2) is 8.42 Å². The van der Waals surface area contributed by atoms with Crippen LogP contribution in [0.1, 0.15) is 52.0 Å². The molecule has 5 heteroatoms. The molecular formula is C17H27NO3S. The highest BCUT2D eigenvalue weighted by Crippen LogP contribution is 2.33. The Morgan fingerprint density at radius 3 is 2.14 bits per heavy atom. The van der Waals surface area contributed by atoms with E-state index in [9.17, 15) is 8.42 Å². The largest absolute Gasteiger partial charge is 0.495 e. The van der Waals surface area contributed by atoms with Crippen LogP contribution in [0.15, 0.2) is 23.1 Å². The van der Waals surface area contributed by atoms with Crippen molar-refractivity contribution in [3.05, 3.63) is 23.8 Å². The molecule has 0 atom stereocenters. The second-order valence-electron chi connectivity index (χ2n) is 6.93. The van der Waals surface area contributed by atoms with Gasteiger partial charge in [0.1, 0.15) is 10.6 Å². The molecule has 1 aliphatic rings. The Morgan fingerprint density at radius 2 is 1.64 bits per heavy atom. The number of ether oxygens (including phenoxy) is 1. The maximum Gasteiger partial charge on any atom is 0.246 e. The van der Waals surface area contributed by atoms with Crippen LogP contribution >= 0.6 is 0 Å². The zero-order valence-electron chi connectivity index (χ0n) is 14.1. The van der Waals surface area contributed by atoms with Crippen LogP contribution in [0.3, 0.4) is 0 Å². The van der Waals surface area contributed by atoms with E-state index in [0.717, 1.165) is 31.2 Å². The lowest BCUT2D eigenvalue weighted by molar-refractivity contribution is 0.390. The molecule has 1 heterocycles. The van der Waals surface area contributed by atoms with Crippen molar-refractivity contribution in [2.45, 2.75) is 56.8 Å². The molecular weight excluding hydrogens is 298 g/mol. The van der Waals surface area contributed by atoms with Crippen molar-refractivity contribution in [1.82, 2.24) is 4.31 Å². The molecule has 0 amide bonds. The van der Waals surface area contributed by atoms with Gasteiger partial charge in [-0.15, -0.1) is 0 Å². The summed E-state index contributed by atoms with van der Waals surface area (Å²) in [5, 5.41) is 0. The second-order valence-corrected chi connectivity index (χ2v) is 8.84. The van der Waals surface area contributed by atoms with E-state index in [2.05, 4.69) is 20.8 Å². The third-order valence-corrected chi connectivity index (χ3v) is 6.13. The minimum absolute atomic E-state index is 0.102. The van der Waals surface area contributed by atoms with Crippen molar-refractivity contribution in [3.8, 4) is 5.75 Å². The summed E-state index contributed by atoms with van der Waals surface area (Å²) in [5.41, 5.74) is 0.900. The first kappa shape index (κ1) is 17.3. The van der Waals surface area contributed by atoms with Crippen LogP contribution in [0.2, 0.25) is 0 Å². The van der Waals surface area contributed by atoms with Crippen LogP contribution in [-0.4, -0.2) is 32.9 Å². The summed E-state index contributed by atoms with van der Waals surface area (Å²) >= 11 is 0. The second kappa shape index (κ2) is 6.59. The molecule has 0 aromatic heterocycles. The monoisotopic (exact) mass is 325 g/mol. The van der Waals surface area contributed by atoms with Crippen LogP contribution in [0.25, 0.3) is 0 Å². The minimum Gasteiger partial charge on any atom is -0.495 e. The first-order valence-corrected chi connectivity index (χ1v) is 9.39. The smallest absolute Gasteiger partial charge is 0.246 e. The summed E-state index contributed by atoms with van der Waals surface area (Å²) < 4.78 is 33.0. The molecule has 0 N–H and O–H groups in total. The third kappa shape index (κ3) is 3.63. The highest BCUT2D eigenvalue weighted by atomic mass is 32.2. The van der Waals surface area contributed by atoms with Gasteiger partial charge in [0.05, 0.1) is 7.11 Å². The van der Waals surface area contributed by atoms with Crippen LogP contribution in [0.4, 0.5) is 0 Å². The summed E-state index contributed by atoms with van der Waals surface area (Å²) in [7, 11) is -1.98. The molecule has 0 aliphatic carbocycles. The molecule has 0 saturated carbocycles. The van der Waals surface area contributed by atoms with Gasteiger partial charge in [-0.1, -0.05) is 39.7 Å². The average molecular weight is 325 g/mol. The molecule has 1 aromatic rings. The zero-order chi connectivity index (χ0) is 16.4. The lowest BCUT2D eigenvalue weighted by Gasteiger charge is -2.24. The molecule has 2 rings (SSSR count). The number of benzene rings is 1. The molecule has 0 unspecified atom stereocenters. The van der Waals surface area contributed by atoms with Gasteiger partial charge < -0.3 is 4.74 Å². The van der Waals surface area contributed by atoms with Crippen LogP contribution in [0.5, 0.6) is 5.75 Å². The number of hydrogen-bond donors (Lipinski definition) is 0. The van der Waals surface area contributed by atoms with E-state index in [1.165, 1.54) is 7.11 Å². The Balaban J connectivity index is 2.48. The molecule has 1 aliphatic heterocycles. The highest BCUT2D eigenvalue weighted by Gasteiger charge is 2.29. The molecule has 0 spiro atoms. The fourth-order valence-electron chi connectivity index (χ4n) is 2.77. The summed E-state index contributed by atoms with van der Waals surface area (Å²) in [5.74, 6) is 0.428.